The van der Waals surface area contributed by atoms with Gasteiger partial charge in [0, 0.05) is 21.0 Å². The van der Waals surface area contributed by atoms with Crippen molar-refractivity contribution in [3.8, 4) is 0 Å². The average molecular weight is 291 g/mol. The SMILES string of the molecule is C1CC2SSC3CCCC4SSC(C1)C2C34. The first kappa shape index (κ1) is 11.2. The Balaban J connectivity index is 1.67. The van der Waals surface area contributed by atoms with Crippen molar-refractivity contribution in [3.63, 3.8) is 0 Å². The maximum absolute atomic E-state index is 2.27. The maximum atomic E-state index is 2.27. The van der Waals surface area contributed by atoms with Crippen LogP contribution in [0, 0.1) is 11.8 Å². The lowest BCUT2D eigenvalue weighted by Crippen LogP contribution is -2.51. The molecule has 0 N–H and O–H groups in total. The van der Waals surface area contributed by atoms with Crippen LogP contribution < -0.4 is 0 Å². The molecule has 2 aliphatic carbocycles. The third-order valence-corrected chi connectivity index (χ3v) is 11.8. The zero-order chi connectivity index (χ0) is 10.5. The minimum atomic E-state index is 1.01. The Hall–Kier alpha value is 1.40. The van der Waals surface area contributed by atoms with Gasteiger partial charge in [0.2, 0.25) is 0 Å². The standard InChI is InChI=1S/C12H18S4/c1-3-7-11-8(4-1)14-16-10-6-2-5-9(12(10)11)15-13-7/h7-12H,1-6H2. The third kappa shape index (κ3) is 1.70. The Bertz CT molecular complexity index is 230. The molecule has 4 atom stereocenters. The van der Waals surface area contributed by atoms with Gasteiger partial charge in [-0.25, -0.2) is 0 Å². The van der Waals surface area contributed by atoms with Gasteiger partial charge in [0.1, 0.15) is 0 Å². The van der Waals surface area contributed by atoms with Crippen LogP contribution in [0.5, 0.6) is 0 Å². The Labute approximate surface area is 114 Å². The van der Waals surface area contributed by atoms with Gasteiger partial charge in [0.25, 0.3) is 0 Å². The summed E-state index contributed by atoms with van der Waals surface area (Å²) in [5, 5.41) is 4.05. The van der Waals surface area contributed by atoms with E-state index in [1.807, 2.05) is 0 Å². The van der Waals surface area contributed by atoms with Gasteiger partial charge >= 0.3 is 0 Å². The zero-order valence-corrected chi connectivity index (χ0v) is 12.6. The molecule has 0 bridgehead atoms. The zero-order valence-electron chi connectivity index (χ0n) is 9.34. The Kier molecular flexibility index (Phi) is 3.16. The summed E-state index contributed by atoms with van der Waals surface area (Å²) >= 11 is 0. The minimum Gasteiger partial charge on any atom is -0.0901 e. The largest absolute Gasteiger partial charge is 0.0901 e. The molecule has 0 aromatic heterocycles. The molecule has 0 amide bonds. The molecule has 0 aromatic rings. The van der Waals surface area contributed by atoms with Crippen LogP contribution in [-0.4, -0.2) is 21.0 Å². The van der Waals surface area contributed by atoms with Crippen LogP contribution in [0.15, 0.2) is 0 Å². The molecule has 0 nitrogen and oxygen atoms in total. The summed E-state index contributed by atoms with van der Waals surface area (Å²) in [4.78, 5) is 0. The molecule has 90 valence electrons. The van der Waals surface area contributed by atoms with E-state index in [0.29, 0.717) is 0 Å². The Morgan fingerprint density at radius 1 is 0.500 bits per heavy atom. The van der Waals surface area contributed by atoms with Crippen LogP contribution in [0.4, 0.5) is 0 Å². The molecule has 2 heterocycles. The van der Waals surface area contributed by atoms with Crippen molar-refractivity contribution in [2.45, 2.75) is 59.5 Å². The summed E-state index contributed by atoms with van der Waals surface area (Å²) in [6, 6.07) is 0. The van der Waals surface area contributed by atoms with Crippen LogP contribution >= 0.6 is 43.2 Å². The van der Waals surface area contributed by atoms with Crippen molar-refractivity contribution in [2.24, 2.45) is 11.8 Å². The molecule has 0 radical (unpaired) electrons. The molecule has 16 heavy (non-hydrogen) atoms. The van der Waals surface area contributed by atoms with E-state index in [1.54, 1.807) is 0 Å². The van der Waals surface area contributed by atoms with E-state index < -0.39 is 0 Å². The van der Waals surface area contributed by atoms with E-state index in [0.717, 1.165) is 32.8 Å². The molecule has 2 saturated heterocycles. The summed E-state index contributed by atoms with van der Waals surface area (Å²) in [5.41, 5.74) is 0. The molecular weight excluding hydrogens is 272 g/mol. The molecule has 2 aliphatic heterocycles. The second-order valence-electron chi connectivity index (χ2n) is 5.56. The summed E-state index contributed by atoms with van der Waals surface area (Å²) in [7, 11) is 9.07. The smallest absolute Gasteiger partial charge is 0.0194 e. The normalized spacial score (nSPS) is 55.5. The Morgan fingerprint density at radius 3 is 1.12 bits per heavy atom. The van der Waals surface area contributed by atoms with Gasteiger partial charge in [-0.15, -0.1) is 0 Å². The fourth-order valence-corrected chi connectivity index (χ4v) is 12.2. The predicted molar refractivity (Wildman–Crippen MR) is 80.2 cm³/mol. The second kappa shape index (κ2) is 4.50. The highest BCUT2D eigenvalue weighted by molar-refractivity contribution is 8.78. The van der Waals surface area contributed by atoms with Crippen LogP contribution in [0.1, 0.15) is 38.5 Å². The van der Waals surface area contributed by atoms with Gasteiger partial charge in [-0.2, -0.15) is 0 Å². The molecule has 4 fully saturated rings. The fraction of sp³-hybridized carbons (Fsp3) is 1.00. The topological polar surface area (TPSA) is 0 Å². The van der Waals surface area contributed by atoms with Crippen molar-refractivity contribution in [2.75, 3.05) is 0 Å². The second-order valence-corrected chi connectivity index (χ2v) is 11.1. The van der Waals surface area contributed by atoms with E-state index in [2.05, 4.69) is 43.2 Å². The van der Waals surface area contributed by atoms with Gasteiger partial charge in [-0.05, 0) is 37.5 Å². The van der Waals surface area contributed by atoms with Crippen molar-refractivity contribution in [3.05, 3.63) is 0 Å². The molecular formula is C12H18S4. The fourth-order valence-electron chi connectivity index (χ4n) is 4.01. The molecule has 4 unspecified atom stereocenters. The van der Waals surface area contributed by atoms with E-state index >= 15 is 0 Å². The van der Waals surface area contributed by atoms with Gasteiger partial charge in [-0.3, -0.25) is 0 Å². The summed E-state index contributed by atoms with van der Waals surface area (Å²) in [6.07, 6.45) is 9.05. The van der Waals surface area contributed by atoms with Gasteiger partial charge in [-0.1, -0.05) is 56.0 Å². The van der Waals surface area contributed by atoms with Crippen molar-refractivity contribution < 1.29 is 0 Å². The van der Waals surface area contributed by atoms with Crippen molar-refractivity contribution in [1.29, 1.82) is 0 Å². The van der Waals surface area contributed by atoms with Gasteiger partial charge < -0.3 is 0 Å². The van der Waals surface area contributed by atoms with E-state index in [1.165, 1.54) is 38.5 Å². The van der Waals surface area contributed by atoms with Crippen molar-refractivity contribution >= 4 is 43.2 Å². The first-order valence-electron chi connectivity index (χ1n) is 6.58. The molecule has 0 aromatic carbocycles. The lowest BCUT2D eigenvalue weighted by Gasteiger charge is -2.55. The maximum Gasteiger partial charge on any atom is 0.0194 e. The lowest BCUT2D eigenvalue weighted by atomic mass is 9.72. The van der Waals surface area contributed by atoms with E-state index in [9.17, 15) is 0 Å². The van der Waals surface area contributed by atoms with Gasteiger partial charge in [0.05, 0.1) is 0 Å². The minimum absolute atomic E-state index is 1.01. The number of rotatable bonds is 0. The summed E-state index contributed by atoms with van der Waals surface area (Å²) < 4.78 is 0. The number of hydrogen-bond donors (Lipinski definition) is 0. The average Bonchev–Trinajstić information content (AvgIpc) is 2.36. The van der Waals surface area contributed by atoms with Crippen LogP contribution in [-0.2, 0) is 0 Å². The van der Waals surface area contributed by atoms with Crippen LogP contribution in [0.25, 0.3) is 0 Å². The van der Waals surface area contributed by atoms with Crippen LogP contribution in [0.3, 0.4) is 0 Å². The monoisotopic (exact) mass is 290 g/mol. The summed E-state index contributed by atoms with van der Waals surface area (Å²) in [5.74, 6) is 2.17. The Morgan fingerprint density at radius 2 is 0.812 bits per heavy atom. The van der Waals surface area contributed by atoms with Crippen molar-refractivity contribution in [1.82, 2.24) is 0 Å². The molecule has 4 heteroatoms. The van der Waals surface area contributed by atoms with Crippen LogP contribution in [0.2, 0.25) is 0 Å². The summed E-state index contributed by atoms with van der Waals surface area (Å²) in [6.45, 7) is 0. The first-order chi connectivity index (χ1) is 7.93. The van der Waals surface area contributed by atoms with Gasteiger partial charge in [0.15, 0.2) is 0 Å². The number of hydrogen-bond acceptors (Lipinski definition) is 4. The lowest BCUT2D eigenvalue weighted by molar-refractivity contribution is 0.220. The molecule has 4 aliphatic rings. The van der Waals surface area contributed by atoms with E-state index in [4.69, 9.17) is 0 Å². The van der Waals surface area contributed by atoms with E-state index in [-0.39, 0.29) is 0 Å². The molecule has 2 saturated carbocycles. The highest BCUT2D eigenvalue weighted by Gasteiger charge is 2.53. The quantitative estimate of drug-likeness (QED) is 0.585. The predicted octanol–water partition coefficient (Wildman–Crippen LogP) is 4.85. The first-order valence-corrected chi connectivity index (χ1v) is 11.1. The molecule has 0 spiro atoms. The highest BCUT2D eigenvalue weighted by Crippen LogP contribution is 2.64. The molecule has 4 rings (SSSR count). The highest BCUT2D eigenvalue weighted by atomic mass is 33.1. The third-order valence-electron chi connectivity index (χ3n) is 4.72.